The van der Waals surface area contributed by atoms with Crippen LogP contribution in [0.25, 0.3) is 11.4 Å². The molecule has 1 aromatic carbocycles. The van der Waals surface area contributed by atoms with Gasteiger partial charge in [0.2, 0.25) is 4.77 Å². The number of nitrogens with one attached hydrogen (secondary N) is 1. The number of nitrogens with zero attached hydrogens (tertiary/aromatic N) is 4. The molecule has 2 heterocycles. The standard InChI is InChI=1S/C15H15N5OS/c1-19(2)12-7-5-11(6-8-12)14-17-18-15(22)20(14)16-10-13-4-3-9-21-13/h3-10H,1-2H3,(H,18,22)/b16-10-. The van der Waals surface area contributed by atoms with Gasteiger partial charge in [0.05, 0.1) is 12.5 Å². The minimum absolute atomic E-state index is 0.425. The van der Waals surface area contributed by atoms with Crippen LogP contribution in [-0.2, 0) is 0 Å². The Balaban J connectivity index is 1.96. The minimum atomic E-state index is 0.425. The van der Waals surface area contributed by atoms with Crippen molar-refractivity contribution in [3.05, 3.63) is 53.2 Å². The normalized spacial score (nSPS) is 11.2. The number of benzene rings is 1. The molecular weight excluding hydrogens is 298 g/mol. The van der Waals surface area contributed by atoms with Crippen molar-refractivity contribution in [3.63, 3.8) is 0 Å². The number of hydrogen-bond acceptors (Lipinski definition) is 5. The maximum Gasteiger partial charge on any atom is 0.216 e. The number of anilines is 1. The number of rotatable bonds is 4. The topological polar surface area (TPSA) is 62.4 Å². The second kappa shape index (κ2) is 5.98. The van der Waals surface area contributed by atoms with E-state index >= 15 is 0 Å². The number of furan rings is 1. The van der Waals surface area contributed by atoms with Crippen LogP contribution in [0.4, 0.5) is 5.69 Å². The van der Waals surface area contributed by atoms with Crippen LogP contribution in [0.5, 0.6) is 0 Å². The second-order valence-electron chi connectivity index (χ2n) is 4.87. The Labute approximate surface area is 132 Å². The lowest BCUT2D eigenvalue weighted by molar-refractivity contribution is 0.559. The smallest absolute Gasteiger partial charge is 0.216 e. The zero-order valence-corrected chi connectivity index (χ0v) is 13.0. The highest BCUT2D eigenvalue weighted by atomic mass is 32.1. The Kier molecular flexibility index (Phi) is 3.88. The van der Waals surface area contributed by atoms with Crippen LogP contribution in [0.15, 0.2) is 52.2 Å². The first-order valence-electron chi connectivity index (χ1n) is 6.68. The SMILES string of the molecule is CN(C)c1ccc(-c2n[nH]c(=S)n2/N=C\c2ccco2)cc1. The highest BCUT2D eigenvalue weighted by molar-refractivity contribution is 7.71. The van der Waals surface area contributed by atoms with E-state index < -0.39 is 0 Å². The minimum Gasteiger partial charge on any atom is -0.463 e. The Hall–Kier alpha value is -2.67. The summed E-state index contributed by atoms with van der Waals surface area (Å²) in [5.74, 6) is 1.30. The van der Waals surface area contributed by atoms with Crippen molar-refractivity contribution in [1.29, 1.82) is 0 Å². The van der Waals surface area contributed by atoms with Crippen molar-refractivity contribution in [2.75, 3.05) is 19.0 Å². The molecule has 22 heavy (non-hydrogen) atoms. The van der Waals surface area contributed by atoms with Crippen molar-refractivity contribution in [2.24, 2.45) is 5.10 Å². The predicted molar refractivity (Wildman–Crippen MR) is 88.9 cm³/mol. The number of H-pyrrole nitrogens is 1. The first kappa shape index (κ1) is 14.3. The van der Waals surface area contributed by atoms with Crippen molar-refractivity contribution in [3.8, 4) is 11.4 Å². The van der Waals surface area contributed by atoms with E-state index in [9.17, 15) is 0 Å². The van der Waals surface area contributed by atoms with Crippen molar-refractivity contribution >= 4 is 24.1 Å². The fourth-order valence-electron chi connectivity index (χ4n) is 1.97. The lowest BCUT2D eigenvalue weighted by Gasteiger charge is -2.12. The van der Waals surface area contributed by atoms with Gasteiger partial charge in [-0.1, -0.05) is 0 Å². The van der Waals surface area contributed by atoms with Gasteiger partial charge in [0.25, 0.3) is 0 Å². The van der Waals surface area contributed by atoms with E-state index in [1.807, 2.05) is 49.3 Å². The number of aromatic amines is 1. The zero-order chi connectivity index (χ0) is 15.5. The average molecular weight is 313 g/mol. The molecule has 0 spiro atoms. The van der Waals surface area contributed by atoms with Gasteiger partial charge in [-0.25, -0.2) is 5.10 Å². The van der Waals surface area contributed by atoms with Crippen molar-refractivity contribution in [2.45, 2.75) is 0 Å². The van der Waals surface area contributed by atoms with Crippen LogP contribution >= 0.6 is 12.2 Å². The van der Waals surface area contributed by atoms with E-state index in [1.54, 1.807) is 23.2 Å². The summed E-state index contributed by atoms with van der Waals surface area (Å²) < 4.78 is 7.22. The lowest BCUT2D eigenvalue weighted by atomic mass is 10.2. The molecule has 0 fully saturated rings. The largest absolute Gasteiger partial charge is 0.463 e. The molecule has 0 aliphatic rings. The maximum atomic E-state index is 5.23. The van der Waals surface area contributed by atoms with Gasteiger partial charge in [-0.2, -0.15) is 14.9 Å². The van der Waals surface area contributed by atoms with Crippen LogP contribution in [0.1, 0.15) is 5.76 Å². The Morgan fingerprint density at radius 1 is 1.27 bits per heavy atom. The molecule has 0 bridgehead atoms. The molecule has 3 rings (SSSR count). The van der Waals surface area contributed by atoms with E-state index in [-0.39, 0.29) is 0 Å². The van der Waals surface area contributed by atoms with Crippen LogP contribution in [0.3, 0.4) is 0 Å². The maximum absolute atomic E-state index is 5.23. The van der Waals surface area contributed by atoms with E-state index in [2.05, 4.69) is 15.3 Å². The molecule has 6 nitrogen and oxygen atoms in total. The molecule has 112 valence electrons. The molecule has 0 saturated heterocycles. The lowest BCUT2D eigenvalue weighted by Crippen LogP contribution is -2.08. The Bertz CT molecular complexity index is 828. The molecule has 0 radical (unpaired) electrons. The molecule has 0 amide bonds. The third-order valence-electron chi connectivity index (χ3n) is 3.14. The molecule has 0 unspecified atom stereocenters. The number of hydrogen-bond donors (Lipinski definition) is 1. The summed E-state index contributed by atoms with van der Waals surface area (Å²) in [5.41, 5.74) is 2.04. The molecule has 3 aromatic rings. The molecule has 0 aliphatic heterocycles. The van der Waals surface area contributed by atoms with Gasteiger partial charge < -0.3 is 9.32 Å². The van der Waals surface area contributed by atoms with Gasteiger partial charge in [0.1, 0.15) is 5.76 Å². The highest BCUT2D eigenvalue weighted by Gasteiger charge is 2.08. The molecular formula is C15H15N5OS. The third-order valence-corrected chi connectivity index (χ3v) is 3.40. The summed E-state index contributed by atoms with van der Waals surface area (Å²) in [6, 6.07) is 11.6. The summed E-state index contributed by atoms with van der Waals surface area (Å²) in [5, 5.41) is 11.3. The second-order valence-corrected chi connectivity index (χ2v) is 5.25. The Morgan fingerprint density at radius 2 is 2.05 bits per heavy atom. The van der Waals surface area contributed by atoms with Crippen molar-refractivity contribution < 1.29 is 4.42 Å². The zero-order valence-electron chi connectivity index (χ0n) is 12.2. The van der Waals surface area contributed by atoms with E-state index in [0.717, 1.165) is 11.3 Å². The number of aromatic nitrogens is 3. The van der Waals surface area contributed by atoms with Gasteiger partial charge in [-0.3, -0.25) is 0 Å². The molecule has 7 heteroatoms. The van der Waals surface area contributed by atoms with E-state index in [0.29, 0.717) is 16.4 Å². The van der Waals surface area contributed by atoms with Gasteiger partial charge in [-0.15, -0.1) is 0 Å². The summed E-state index contributed by atoms with van der Waals surface area (Å²) in [4.78, 5) is 2.04. The molecule has 1 N–H and O–H groups in total. The van der Waals surface area contributed by atoms with Gasteiger partial charge in [-0.05, 0) is 48.6 Å². The van der Waals surface area contributed by atoms with Crippen molar-refractivity contribution in [1.82, 2.24) is 14.9 Å². The first-order valence-corrected chi connectivity index (χ1v) is 7.09. The molecule has 2 aromatic heterocycles. The van der Waals surface area contributed by atoms with Gasteiger partial charge >= 0.3 is 0 Å². The third kappa shape index (κ3) is 2.84. The molecule has 0 atom stereocenters. The Morgan fingerprint density at radius 3 is 2.68 bits per heavy atom. The summed E-state index contributed by atoms with van der Waals surface area (Å²) in [6.07, 6.45) is 3.19. The summed E-state index contributed by atoms with van der Waals surface area (Å²) in [6.45, 7) is 0. The van der Waals surface area contributed by atoms with Gasteiger partial charge in [0, 0.05) is 25.3 Å². The monoisotopic (exact) mass is 313 g/mol. The van der Waals surface area contributed by atoms with E-state index in [4.69, 9.17) is 16.6 Å². The van der Waals surface area contributed by atoms with Crippen LogP contribution in [-0.4, -0.2) is 35.2 Å². The average Bonchev–Trinajstić information content (AvgIpc) is 3.15. The molecule has 0 aliphatic carbocycles. The predicted octanol–water partition coefficient (Wildman–Crippen LogP) is 3.15. The van der Waals surface area contributed by atoms with Gasteiger partial charge in [0.15, 0.2) is 5.82 Å². The highest BCUT2D eigenvalue weighted by Crippen LogP contribution is 2.21. The van der Waals surface area contributed by atoms with Crippen LogP contribution < -0.4 is 4.90 Å². The first-order chi connectivity index (χ1) is 10.6. The summed E-state index contributed by atoms with van der Waals surface area (Å²) >= 11 is 5.23. The quantitative estimate of drug-likeness (QED) is 0.594. The van der Waals surface area contributed by atoms with Crippen LogP contribution in [0.2, 0.25) is 0 Å². The van der Waals surface area contributed by atoms with Crippen LogP contribution in [0, 0.1) is 4.77 Å². The molecule has 0 saturated carbocycles. The van der Waals surface area contributed by atoms with E-state index in [1.165, 1.54) is 0 Å². The fraction of sp³-hybridized carbons (Fsp3) is 0.133. The summed E-state index contributed by atoms with van der Waals surface area (Å²) in [7, 11) is 4.00. The fourth-order valence-corrected chi connectivity index (χ4v) is 2.15.